The van der Waals surface area contributed by atoms with Crippen molar-refractivity contribution in [2.45, 2.75) is 111 Å². The molecular weight excluding hydrogens is 626 g/mol. The molecule has 1 aliphatic rings. The lowest BCUT2D eigenvalue weighted by Gasteiger charge is -2.31. The topological polar surface area (TPSA) is 176 Å². The normalized spacial score (nSPS) is 16.2. The number of rotatable bonds is 15. The zero-order valence-corrected chi connectivity index (χ0v) is 29.1. The maximum atomic E-state index is 13.7. The Morgan fingerprint density at radius 2 is 1.70 bits per heavy atom. The first-order valence-electron chi connectivity index (χ1n) is 16.3. The van der Waals surface area contributed by atoms with Crippen LogP contribution in [0.5, 0.6) is 0 Å². The van der Waals surface area contributed by atoms with E-state index in [-0.39, 0.29) is 47.6 Å². The molecule has 3 atom stereocenters. The zero-order chi connectivity index (χ0) is 34.9. The highest BCUT2D eigenvalue weighted by molar-refractivity contribution is 6.30. The quantitative estimate of drug-likeness (QED) is 0.187. The Bertz CT molecular complexity index is 1420. The number of hydrogen-bond donors (Lipinski definition) is 3. The number of aromatic nitrogens is 3. The van der Waals surface area contributed by atoms with Crippen molar-refractivity contribution in [3.8, 4) is 0 Å². The molecule has 0 aliphatic carbocycles. The van der Waals surface area contributed by atoms with Crippen molar-refractivity contribution in [1.29, 1.82) is 0 Å². The lowest BCUT2D eigenvalue weighted by molar-refractivity contribution is -0.142. The van der Waals surface area contributed by atoms with E-state index in [9.17, 15) is 24.0 Å². The molecule has 1 saturated heterocycles. The van der Waals surface area contributed by atoms with Crippen molar-refractivity contribution in [3.63, 3.8) is 0 Å². The van der Waals surface area contributed by atoms with E-state index in [4.69, 9.17) is 16.0 Å². The van der Waals surface area contributed by atoms with Crippen LogP contribution in [0.25, 0.3) is 0 Å². The number of carbonyl (C=O) groups excluding carboxylic acids is 5. The molecular formula is C33H48ClN7O6. The van der Waals surface area contributed by atoms with Crippen molar-refractivity contribution in [2.24, 2.45) is 11.8 Å². The summed E-state index contributed by atoms with van der Waals surface area (Å²) in [6, 6.07) is 0.580. The zero-order valence-electron chi connectivity index (χ0n) is 28.4. The number of carbonyl (C=O) groups is 5. The van der Waals surface area contributed by atoms with Crippen molar-refractivity contribution in [2.75, 3.05) is 13.1 Å². The molecule has 2 unspecified atom stereocenters. The van der Waals surface area contributed by atoms with E-state index in [0.29, 0.717) is 56.1 Å². The maximum Gasteiger partial charge on any atom is 0.286 e. The Morgan fingerprint density at radius 3 is 2.32 bits per heavy atom. The van der Waals surface area contributed by atoms with Crippen LogP contribution in [0.1, 0.15) is 114 Å². The van der Waals surface area contributed by atoms with Gasteiger partial charge in [-0.3, -0.25) is 29.0 Å². The van der Waals surface area contributed by atoms with E-state index in [1.807, 2.05) is 34.6 Å². The fraction of sp³-hybridized carbons (Fsp3) is 0.636. The fourth-order valence-corrected chi connectivity index (χ4v) is 5.35. The average molecular weight is 674 g/mol. The average Bonchev–Trinajstić information content (AvgIpc) is 3.70. The largest absolute Gasteiger partial charge is 0.418 e. The molecule has 4 amide bonds. The molecule has 1 aliphatic heterocycles. The highest BCUT2D eigenvalue weighted by atomic mass is 35.5. The van der Waals surface area contributed by atoms with Crippen molar-refractivity contribution in [1.82, 2.24) is 36.0 Å². The van der Waals surface area contributed by atoms with Gasteiger partial charge in [0.05, 0.1) is 6.04 Å². The third-order valence-electron chi connectivity index (χ3n) is 7.93. The number of hydrogen-bond acceptors (Lipinski definition) is 9. The highest BCUT2D eigenvalue weighted by Crippen LogP contribution is 2.23. The number of ketones is 1. The summed E-state index contributed by atoms with van der Waals surface area (Å²) in [4.78, 5) is 71.0. The van der Waals surface area contributed by atoms with Gasteiger partial charge in [-0.2, -0.15) is 0 Å². The number of halogens is 1. The van der Waals surface area contributed by atoms with E-state index in [1.54, 1.807) is 19.9 Å². The molecule has 0 saturated carbocycles. The minimum atomic E-state index is -0.921. The second-order valence-electron chi connectivity index (χ2n) is 13.7. The Kier molecular flexibility index (Phi) is 13.4. The standard InChI is InChI=1S/C33H48ClN7O6/c1-19(2)25(27(43)30-39-40-32(47-30)33(5,6)7)38-29(45)23-12-11-17-41(23)31(46)26(20(3)4)37-24(42)13-9-8-10-15-36-28(44)22-18-21(34)14-16-35-22/h14,16,18-20,23,25-26H,8-13,15,17H2,1-7H3,(H,36,44)(H,37,42)(H,38,45)/t23-,25?,26?/m0/s1. The van der Waals surface area contributed by atoms with Gasteiger partial charge in [0.15, 0.2) is 0 Å². The first-order chi connectivity index (χ1) is 22.1. The number of Topliss-reactive ketones (excluding diaryl/α,β-unsaturated/α-hetero) is 1. The van der Waals surface area contributed by atoms with Gasteiger partial charge >= 0.3 is 0 Å². The first kappa shape index (κ1) is 37.6. The van der Waals surface area contributed by atoms with Crippen LogP contribution in [0.15, 0.2) is 22.7 Å². The first-order valence-corrected chi connectivity index (χ1v) is 16.7. The number of pyridine rings is 1. The summed E-state index contributed by atoms with van der Waals surface area (Å²) in [5.74, 6) is -2.18. The molecule has 47 heavy (non-hydrogen) atoms. The number of likely N-dealkylation sites (tertiary alicyclic amines) is 1. The second kappa shape index (κ2) is 16.8. The minimum Gasteiger partial charge on any atom is -0.418 e. The highest BCUT2D eigenvalue weighted by Gasteiger charge is 2.40. The fourth-order valence-electron chi connectivity index (χ4n) is 5.19. The molecule has 258 valence electrons. The Balaban J connectivity index is 1.52. The summed E-state index contributed by atoms with van der Waals surface area (Å²) in [6.07, 6.45) is 4.68. The number of nitrogens with one attached hydrogen (secondary N) is 3. The van der Waals surface area contributed by atoms with E-state index in [2.05, 4.69) is 31.1 Å². The van der Waals surface area contributed by atoms with E-state index in [1.165, 1.54) is 17.2 Å². The van der Waals surface area contributed by atoms with Gasteiger partial charge in [-0.1, -0.05) is 66.5 Å². The summed E-state index contributed by atoms with van der Waals surface area (Å²) >= 11 is 5.91. The van der Waals surface area contributed by atoms with E-state index < -0.39 is 35.2 Å². The van der Waals surface area contributed by atoms with Gasteiger partial charge in [0, 0.05) is 36.1 Å². The minimum absolute atomic E-state index is 0.171. The summed E-state index contributed by atoms with van der Waals surface area (Å²) in [5, 5.41) is 16.8. The Labute approximate surface area is 281 Å². The van der Waals surface area contributed by atoms with Gasteiger partial charge in [-0.15, -0.1) is 10.2 Å². The predicted octanol–water partition coefficient (Wildman–Crippen LogP) is 3.86. The van der Waals surface area contributed by atoms with Gasteiger partial charge in [0.1, 0.15) is 17.8 Å². The molecule has 0 aromatic carbocycles. The number of nitrogens with zero attached hydrogens (tertiary/aromatic N) is 4. The van der Waals surface area contributed by atoms with Crippen LogP contribution < -0.4 is 16.0 Å². The van der Waals surface area contributed by atoms with Crippen molar-refractivity contribution >= 4 is 41.0 Å². The number of unbranched alkanes of at least 4 members (excludes halogenated alkanes) is 2. The number of amides is 4. The van der Waals surface area contributed by atoms with Crippen LogP contribution in [-0.2, 0) is 19.8 Å². The van der Waals surface area contributed by atoms with E-state index >= 15 is 0 Å². The van der Waals surface area contributed by atoms with E-state index in [0.717, 1.165) is 0 Å². The predicted molar refractivity (Wildman–Crippen MR) is 176 cm³/mol. The second-order valence-corrected chi connectivity index (χ2v) is 14.1. The smallest absolute Gasteiger partial charge is 0.286 e. The Hall–Kier alpha value is -3.87. The summed E-state index contributed by atoms with van der Waals surface area (Å²) in [7, 11) is 0. The van der Waals surface area contributed by atoms with Gasteiger partial charge in [0.25, 0.3) is 11.8 Å². The summed E-state index contributed by atoms with van der Waals surface area (Å²) in [6.45, 7) is 13.8. The molecule has 14 heteroatoms. The molecule has 3 heterocycles. The van der Waals surface area contributed by atoms with Crippen LogP contribution in [0.4, 0.5) is 0 Å². The van der Waals surface area contributed by atoms with Crippen molar-refractivity contribution < 1.29 is 28.4 Å². The van der Waals surface area contributed by atoms with Crippen molar-refractivity contribution in [3.05, 3.63) is 40.8 Å². The molecule has 1 fully saturated rings. The SMILES string of the molecule is CC(C)C(NC(=O)[C@@H]1CCCN1C(=O)C(NC(=O)CCCCCNC(=O)c1cc(Cl)ccn1)C(C)C)C(=O)c1nnc(C(C)(C)C)o1. The van der Waals surface area contributed by atoms with Crippen LogP contribution in [-0.4, -0.2) is 80.7 Å². The van der Waals surface area contributed by atoms with Gasteiger partial charge < -0.3 is 25.3 Å². The van der Waals surface area contributed by atoms with Crippen LogP contribution >= 0.6 is 11.6 Å². The molecule has 0 radical (unpaired) electrons. The third-order valence-corrected chi connectivity index (χ3v) is 8.17. The van der Waals surface area contributed by atoms with Gasteiger partial charge in [-0.05, 0) is 49.7 Å². The monoisotopic (exact) mass is 673 g/mol. The Morgan fingerprint density at radius 1 is 1.00 bits per heavy atom. The van der Waals surface area contributed by atoms with Gasteiger partial charge in [-0.25, -0.2) is 0 Å². The summed E-state index contributed by atoms with van der Waals surface area (Å²) in [5.41, 5.74) is -0.198. The molecule has 0 spiro atoms. The van der Waals surface area contributed by atoms with Crippen LogP contribution in [0.2, 0.25) is 5.02 Å². The lowest BCUT2D eigenvalue weighted by Crippen LogP contribution is -2.57. The third kappa shape index (κ3) is 10.6. The molecule has 0 bridgehead atoms. The lowest BCUT2D eigenvalue weighted by atomic mass is 9.97. The maximum absolute atomic E-state index is 13.7. The molecule has 2 aromatic rings. The van der Waals surface area contributed by atoms with Gasteiger partial charge in [0.2, 0.25) is 29.4 Å². The van der Waals surface area contributed by atoms with Crippen LogP contribution in [0, 0.1) is 11.8 Å². The molecule has 2 aromatic heterocycles. The molecule has 13 nitrogen and oxygen atoms in total. The molecule has 3 N–H and O–H groups in total. The van der Waals surface area contributed by atoms with Crippen LogP contribution in [0.3, 0.4) is 0 Å². The summed E-state index contributed by atoms with van der Waals surface area (Å²) < 4.78 is 5.63. The molecule has 3 rings (SSSR count).